The van der Waals surface area contributed by atoms with Crippen molar-refractivity contribution >= 4 is 0 Å². The Morgan fingerprint density at radius 3 is 1.42 bits per heavy atom. The van der Waals surface area contributed by atoms with Gasteiger partial charge in [-0.3, -0.25) is 0 Å². The minimum absolute atomic E-state index is 0. The van der Waals surface area contributed by atoms with Crippen LogP contribution in [-0.2, 0) is 131 Å². The van der Waals surface area contributed by atoms with Crippen molar-refractivity contribution < 1.29 is 131 Å². The van der Waals surface area contributed by atoms with Crippen LogP contribution in [0.25, 0.3) is 0 Å². The van der Waals surface area contributed by atoms with Gasteiger partial charge in [0, 0.05) is 131 Å². The van der Waals surface area contributed by atoms with E-state index >= 15 is 0 Å². The molecule has 0 heterocycles. The van der Waals surface area contributed by atoms with Crippen molar-refractivity contribution in [3.8, 4) is 0 Å². The van der Waals surface area contributed by atoms with Gasteiger partial charge in [0.25, 0.3) is 0 Å². The van der Waals surface area contributed by atoms with E-state index in [1.54, 1.807) is 0 Å². The molecule has 0 aliphatic rings. The fourth-order valence-electron chi connectivity index (χ4n) is 0.348. The zero-order valence-electron chi connectivity index (χ0n) is 8.72. The summed E-state index contributed by atoms with van der Waals surface area (Å²) in [6, 6.07) is 0. The van der Waals surface area contributed by atoms with Crippen LogP contribution in [0.15, 0.2) is 12.7 Å². The molecule has 0 N–H and O–H groups in total. The van der Waals surface area contributed by atoms with E-state index in [9.17, 15) is 0 Å². The third kappa shape index (κ3) is 47.8. The molecule has 0 spiro atoms. The van der Waals surface area contributed by atoms with E-state index in [0.29, 0.717) is 0 Å². The molecule has 0 amide bonds. The monoisotopic (exact) mass is 470 g/mol. The Labute approximate surface area is 180 Å². The Morgan fingerprint density at radius 1 is 1.00 bits per heavy atom. The minimum atomic E-state index is 0. The van der Waals surface area contributed by atoms with Crippen LogP contribution >= 0.6 is 0 Å². The third-order valence-electron chi connectivity index (χ3n) is 0.762. The summed E-state index contributed by atoms with van der Waals surface area (Å²) in [6.07, 6.45) is 5.72. The summed E-state index contributed by atoms with van der Waals surface area (Å²) < 4.78 is 0. The molecule has 0 fully saturated rings. The van der Waals surface area contributed by atoms with Crippen LogP contribution in [0.5, 0.6) is 0 Å². The van der Waals surface area contributed by atoms with Crippen molar-refractivity contribution in [3.63, 3.8) is 0 Å². The predicted molar refractivity (Wildman–Crippen MR) is 42.6 cm³/mol. The average molecular weight is 470 g/mol. The minimum Gasteiger partial charge on any atom is -0.358 e. The molecule has 0 aliphatic heterocycles. The van der Waals surface area contributed by atoms with E-state index < -0.39 is 0 Å². The summed E-state index contributed by atoms with van der Waals surface area (Å²) >= 11 is 0. The predicted octanol–water partition coefficient (Wildman–Crippen LogP) is 3.25. The van der Waals surface area contributed by atoms with E-state index in [1.807, 2.05) is 6.08 Å². The molecule has 0 aromatic carbocycles. The van der Waals surface area contributed by atoms with Crippen LogP contribution in [0.3, 0.4) is 0 Å². The molecular weight excluding hydrogens is 452 g/mol. The molecule has 0 aromatic heterocycles. The SMILES string of the molecule is C=CCCCC.[CH3-].[CH3-].[Y].[Y].[Y].[Y]. The normalized spacial score (nSPS) is 4.08. The smallest absolute Gasteiger partial charge is 0 e. The number of allylic oxidation sites excluding steroid dienone is 1. The van der Waals surface area contributed by atoms with Gasteiger partial charge in [0.2, 0.25) is 0 Å². The first-order chi connectivity index (χ1) is 2.91. The molecular formula is C8H18Y4-2. The van der Waals surface area contributed by atoms with Crippen molar-refractivity contribution in [1.29, 1.82) is 0 Å². The zero-order valence-corrected chi connectivity index (χ0v) is 20.1. The molecule has 4 radical (unpaired) electrons. The van der Waals surface area contributed by atoms with Crippen LogP contribution in [0.4, 0.5) is 0 Å². The standard InChI is InChI=1S/C6H12.2CH3.4Y/c1-3-5-6-4-2;;;;;;/h3H,1,4-6H2,2H3;2*1H3;;;;/q;2*-1;;;;. The van der Waals surface area contributed by atoms with E-state index in [2.05, 4.69) is 13.5 Å². The van der Waals surface area contributed by atoms with Crippen molar-refractivity contribution in [3.05, 3.63) is 27.5 Å². The van der Waals surface area contributed by atoms with Crippen LogP contribution < -0.4 is 0 Å². The van der Waals surface area contributed by atoms with E-state index in [0.717, 1.165) is 0 Å². The van der Waals surface area contributed by atoms with Gasteiger partial charge >= 0.3 is 0 Å². The molecule has 64 valence electrons. The number of hydrogen-bond acceptors (Lipinski definition) is 0. The Balaban J connectivity index is -0.00000000833. The number of rotatable bonds is 3. The van der Waals surface area contributed by atoms with Gasteiger partial charge in [-0.2, -0.15) is 0 Å². The van der Waals surface area contributed by atoms with Crippen molar-refractivity contribution in [2.24, 2.45) is 0 Å². The molecule has 0 atom stereocenters. The Bertz CT molecular complexity index is 40.0. The van der Waals surface area contributed by atoms with E-state index in [4.69, 9.17) is 0 Å². The van der Waals surface area contributed by atoms with Gasteiger partial charge in [0.1, 0.15) is 0 Å². The summed E-state index contributed by atoms with van der Waals surface area (Å²) in [5.41, 5.74) is 0. The van der Waals surface area contributed by atoms with Crippen LogP contribution in [-0.4, -0.2) is 0 Å². The van der Waals surface area contributed by atoms with Crippen molar-refractivity contribution in [2.75, 3.05) is 0 Å². The van der Waals surface area contributed by atoms with Gasteiger partial charge in [0.15, 0.2) is 0 Å². The summed E-state index contributed by atoms with van der Waals surface area (Å²) in [5, 5.41) is 0. The fourth-order valence-corrected chi connectivity index (χ4v) is 0.348. The molecule has 4 heteroatoms. The second kappa shape index (κ2) is 45.7. The van der Waals surface area contributed by atoms with E-state index in [-0.39, 0.29) is 146 Å². The topological polar surface area (TPSA) is 0 Å². The quantitative estimate of drug-likeness (QED) is 0.338. The summed E-state index contributed by atoms with van der Waals surface area (Å²) in [7, 11) is 0. The van der Waals surface area contributed by atoms with Crippen LogP contribution in [0.1, 0.15) is 26.2 Å². The third-order valence-corrected chi connectivity index (χ3v) is 0.762. The molecule has 0 saturated heterocycles. The van der Waals surface area contributed by atoms with Gasteiger partial charge in [-0.05, 0) is 6.42 Å². The zero-order chi connectivity index (χ0) is 4.83. The first-order valence-corrected chi connectivity index (χ1v) is 2.52. The Hall–Kier alpha value is 4.16. The number of unbranched alkanes of at least 4 members (excludes halogenated alkanes) is 2. The van der Waals surface area contributed by atoms with Crippen LogP contribution in [0, 0.1) is 14.9 Å². The van der Waals surface area contributed by atoms with Crippen molar-refractivity contribution in [2.45, 2.75) is 26.2 Å². The van der Waals surface area contributed by atoms with Gasteiger partial charge < -0.3 is 14.9 Å². The van der Waals surface area contributed by atoms with Gasteiger partial charge in [-0.25, -0.2) is 0 Å². The molecule has 0 aromatic rings. The Kier molecular flexibility index (Phi) is 168. The van der Waals surface area contributed by atoms with E-state index in [1.165, 1.54) is 19.3 Å². The van der Waals surface area contributed by atoms with Gasteiger partial charge in [0.05, 0.1) is 0 Å². The van der Waals surface area contributed by atoms with Gasteiger partial charge in [-0.15, -0.1) is 6.58 Å². The Morgan fingerprint density at radius 2 is 1.33 bits per heavy atom. The average Bonchev–Trinajstić information content (AvgIpc) is 1.61. The largest absolute Gasteiger partial charge is 0.358 e. The maximum atomic E-state index is 3.60. The number of hydrogen-bond donors (Lipinski definition) is 0. The summed E-state index contributed by atoms with van der Waals surface area (Å²) in [5.74, 6) is 0. The molecule has 0 aliphatic carbocycles. The molecule has 0 rings (SSSR count). The molecule has 0 unspecified atom stereocenters. The molecule has 12 heavy (non-hydrogen) atoms. The maximum absolute atomic E-state index is 3.60. The molecule has 0 saturated carbocycles. The van der Waals surface area contributed by atoms with Gasteiger partial charge in [-0.1, -0.05) is 25.8 Å². The molecule has 0 bridgehead atoms. The van der Waals surface area contributed by atoms with Crippen molar-refractivity contribution in [1.82, 2.24) is 0 Å². The summed E-state index contributed by atoms with van der Waals surface area (Å²) in [4.78, 5) is 0. The maximum Gasteiger partial charge on any atom is 0 e. The fraction of sp³-hybridized carbons (Fsp3) is 0.500. The first-order valence-electron chi connectivity index (χ1n) is 2.52. The second-order valence-corrected chi connectivity index (χ2v) is 1.43. The first kappa shape index (κ1) is 44.3. The summed E-state index contributed by atoms with van der Waals surface area (Å²) in [6.45, 7) is 5.78. The van der Waals surface area contributed by atoms with Crippen LogP contribution in [0.2, 0.25) is 0 Å². The second-order valence-electron chi connectivity index (χ2n) is 1.43. The molecule has 0 nitrogen and oxygen atoms in total.